The fourth-order valence-electron chi connectivity index (χ4n) is 2.23. The summed E-state index contributed by atoms with van der Waals surface area (Å²) < 4.78 is 6.59. The van der Waals surface area contributed by atoms with E-state index in [1.54, 1.807) is 6.07 Å². The molecule has 0 aliphatic rings. The average molecular weight is 386 g/mol. The number of hydrogen-bond donors (Lipinski definition) is 1. The van der Waals surface area contributed by atoms with Crippen LogP contribution in [0.1, 0.15) is 17.4 Å². The highest BCUT2D eigenvalue weighted by Crippen LogP contribution is 2.33. The minimum atomic E-state index is -0.778. The highest BCUT2D eigenvalue weighted by Gasteiger charge is 2.17. The van der Waals surface area contributed by atoms with Crippen LogP contribution in [0.2, 0.25) is 10.0 Å². The SMILES string of the molecule is OC(Cc1cccc(Cl)c1Cl)c1cc2cccc(Br)c2o1. The predicted molar refractivity (Wildman–Crippen MR) is 89.0 cm³/mol. The summed E-state index contributed by atoms with van der Waals surface area (Å²) in [6.45, 7) is 0. The summed E-state index contributed by atoms with van der Waals surface area (Å²) >= 11 is 15.6. The molecule has 3 aromatic rings. The van der Waals surface area contributed by atoms with Crippen LogP contribution < -0.4 is 0 Å². The van der Waals surface area contributed by atoms with Crippen LogP contribution in [0.5, 0.6) is 0 Å². The first kappa shape index (κ1) is 14.9. The monoisotopic (exact) mass is 384 g/mol. The largest absolute Gasteiger partial charge is 0.457 e. The van der Waals surface area contributed by atoms with Gasteiger partial charge in [-0.15, -0.1) is 0 Å². The van der Waals surface area contributed by atoms with Gasteiger partial charge in [0, 0.05) is 11.8 Å². The molecule has 1 heterocycles. The van der Waals surface area contributed by atoms with Gasteiger partial charge < -0.3 is 9.52 Å². The van der Waals surface area contributed by atoms with E-state index in [0.717, 1.165) is 21.0 Å². The molecule has 0 aliphatic heterocycles. The van der Waals surface area contributed by atoms with Gasteiger partial charge in [-0.2, -0.15) is 0 Å². The third-order valence-corrected chi connectivity index (χ3v) is 4.77. The zero-order chi connectivity index (χ0) is 15.0. The highest BCUT2D eigenvalue weighted by molar-refractivity contribution is 9.10. The minimum Gasteiger partial charge on any atom is -0.457 e. The van der Waals surface area contributed by atoms with Gasteiger partial charge in [0.25, 0.3) is 0 Å². The van der Waals surface area contributed by atoms with E-state index < -0.39 is 6.10 Å². The predicted octanol–water partition coefficient (Wildman–Crippen LogP) is 5.78. The van der Waals surface area contributed by atoms with Crippen molar-refractivity contribution in [3.05, 3.63) is 68.3 Å². The Morgan fingerprint density at radius 3 is 2.67 bits per heavy atom. The van der Waals surface area contributed by atoms with Gasteiger partial charge in [-0.3, -0.25) is 0 Å². The molecule has 0 bridgehead atoms. The van der Waals surface area contributed by atoms with Gasteiger partial charge in [0.05, 0.1) is 14.5 Å². The Morgan fingerprint density at radius 2 is 1.90 bits per heavy atom. The lowest BCUT2D eigenvalue weighted by Gasteiger charge is -2.10. The van der Waals surface area contributed by atoms with E-state index in [2.05, 4.69) is 15.9 Å². The van der Waals surface area contributed by atoms with E-state index in [1.165, 1.54) is 0 Å². The summed E-state index contributed by atoms with van der Waals surface area (Å²) in [6, 6.07) is 13.0. The second kappa shape index (κ2) is 6.01. The maximum atomic E-state index is 10.4. The van der Waals surface area contributed by atoms with Crippen molar-refractivity contribution in [1.29, 1.82) is 0 Å². The molecule has 21 heavy (non-hydrogen) atoms. The Hall–Kier alpha value is -1.00. The van der Waals surface area contributed by atoms with Crippen LogP contribution in [-0.2, 0) is 6.42 Å². The van der Waals surface area contributed by atoms with Crippen molar-refractivity contribution in [3.63, 3.8) is 0 Å². The van der Waals surface area contributed by atoms with Crippen LogP contribution in [0, 0.1) is 0 Å². The highest BCUT2D eigenvalue weighted by atomic mass is 79.9. The molecule has 0 saturated heterocycles. The lowest BCUT2D eigenvalue weighted by Crippen LogP contribution is -2.01. The summed E-state index contributed by atoms with van der Waals surface area (Å²) in [5, 5.41) is 12.3. The second-order valence-corrected chi connectivity index (χ2v) is 6.38. The van der Waals surface area contributed by atoms with Gasteiger partial charge in [-0.05, 0) is 39.7 Å². The van der Waals surface area contributed by atoms with Crippen molar-refractivity contribution < 1.29 is 9.52 Å². The molecule has 5 heteroatoms. The van der Waals surface area contributed by atoms with Crippen molar-refractivity contribution in [1.82, 2.24) is 0 Å². The normalized spacial score (nSPS) is 12.8. The molecule has 0 spiro atoms. The average Bonchev–Trinajstić information content (AvgIpc) is 2.89. The molecule has 108 valence electrons. The smallest absolute Gasteiger partial charge is 0.148 e. The summed E-state index contributed by atoms with van der Waals surface area (Å²) in [7, 11) is 0. The Bertz CT molecular complexity index is 798. The Labute approximate surface area is 140 Å². The molecule has 1 atom stereocenters. The quantitative estimate of drug-likeness (QED) is 0.619. The molecular weight excluding hydrogens is 375 g/mol. The number of aliphatic hydroxyl groups excluding tert-OH is 1. The number of halogens is 3. The maximum absolute atomic E-state index is 10.4. The number of hydrogen-bond acceptors (Lipinski definition) is 2. The number of aliphatic hydroxyl groups is 1. The molecule has 0 amide bonds. The van der Waals surface area contributed by atoms with E-state index in [0.29, 0.717) is 22.2 Å². The van der Waals surface area contributed by atoms with Crippen LogP contribution in [0.15, 0.2) is 51.4 Å². The summed E-state index contributed by atoms with van der Waals surface area (Å²) in [5.74, 6) is 0.507. The van der Waals surface area contributed by atoms with Crippen molar-refractivity contribution in [2.24, 2.45) is 0 Å². The van der Waals surface area contributed by atoms with E-state index in [1.807, 2.05) is 36.4 Å². The summed E-state index contributed by atoms with van der Waals surface area (Å²) in [4.78, 5) is 0. The lowest BCUT2D eigenvalue weighted by molar-refractivity contribution is 0.152. The topological polar surface area (TPSA) is 33.4 Å². The lowest BCUT2D eigenvalue weighted by atomic mass is 10.1. The molecule has 0 aliphatic carbocycles. The van der Waals surface area contributed by atoms with Crippen LogP contribution in [-0.4, -0.2) is 5.11 Å². The van der Waals surface area contributed by atoms with E-state index >= 15 is 0 Å². The molecule has 3 rings (SSSR count). The number of benzene rings is 2. The van der Waals surface area contributed by atoms with Crippen LogP contribution >= 0.6 is 39.1 Å². The molecule has 0 fully saturated rings. The molecule has 2 nitrogen and oxygen atoms in total. The Kier molecular flexibility index (Phi) is 4.27. The van der Waals surface area contributed by atoms with E-state index in [4.69, 9.17) is 27.6 Å². The fourth-order valence-corrected chi connectivity index (χ4v) is 3.09. The molecule has 1 unspecified atom stereocenters. The third kappa shape index (κ3) is 2.97. The van der Waals surface area contributed by atoms with Gasteiger partial charge >= 0.3 is 0 Å². The van der Waals surface area contributed by atoms with E-state index in [9.17, 15) is 5.11 Å². The van der Waals surface area contributed by atoms with Crippen molar-refractivity contribution >= 4 is 50.1 Å². The summed E-state index contributed by atoms with van der Waals surface area (Å²) in [6.07, 6.45) is -0.433. The molecular formula is C16H11BrCl2O2. The van der Waals surface area contributed by atoms with Crippen LogP contribution in [0.4, 0.5) is 0 Å². The van der Waals surface area contributed by atoms with Crippen molar-refractivity contribution in [2.45, 2.75) is 12.5 Å². The molecule has 0 saturated carbocycles. The number of furan rings is 1. The van der Waals surface area contributed by atoms with Crippen LogP contribution in [0.3, 0.4) is 0 Å². The van der Waals surface area contributed by atoms with Crippen molar-refractivity contribution in [3.8, 4) is 0 Å². The standard InChI is InChI=1S/C16H11BrCl2O2/c17-11-5-1-4-10-8-14(21-16(10)11)13(20)7-9-3-2-6-12(18)15(9)19/h1-6,8,13,20H,7H2. The fraction of sp³-hybridized carbons (Fsp3) is 0.125. The number of rotatable bonds is 3. The number of fused-ring (bicyclic) bond motifs is 1. The number of para-hydroxylation sites is 1. The van der Waals surface area contributed by atoms with Crippen LogP contribution in [0.25, 0.3) is 11.0 Å². The molecule has 1 N–H and O–H groups in total. The zero-order valence-corrected chi connectivity index (χ0v) is 13.9. The first-order valence-corrected chi connectivity index (χ1v) is 7.90. The first-order chi connectivity index (χ1) is 10.1. The Morgan fingerprint density at radius 1 is 1.14 bits per heavy atom. The Balaban J connectivity index is 1.92. The second-order valence-electron chi connectivity index (χ2n) is 4.74. The molecule has 1 aromatic heterocycles. The minimum absolute atomic E-state index is 0.344. The van der Waals surface area contributed by atoms with E-state index in [-0.39, 0.29) is 0 Å². The van der Waals surface area contributed by atoms with Crippen molar-refractivity contribution in [2.75, 3.05) is 0 Å². The van der Waals surface area contributed by atoms with Gasteiger partial charge in [-0.1, -0.05) is 47.5 Å². The maximum Gasteiger partial charge on any atom is 0.148 e. The summed E-state index contributed by atoms with van der Waals surface area (Å²) in [5.41, 5.74) is 1.51. The zero-order valence-electron chi connectivity index (χ0n) is 10.8. The molecule has 2 aromatic carbocycles. The van der Waals surface area contributed by atoms with Gasteiger partial charge in [-0.25, -0.2) is 0 Å². The first-order valence-electron chi connectivity index (χ1n) is 6.35. The third-order valence-electron chi connectivity index (χ3n) is 3.29. The van der Waals surface area contributed by atoms with Gasteiger partial charge in [0.15, 0.2) is 0 Å². The van der Waals surface area contributed by atoms with Gasteiger partial charge in [0.1, 0.15) is 17.4 Å². The van der Waals surface area contributed by atoms with Gasteiger partial charge in [0.2, 0.25) is 0 Å². The molecule has 0 radical (unpaired) electrons.